The minimum Gasteiger partial charge on any atom is -0.465 e. The summed E-state index contributed by atoms with van der Waals surface area (Å²) in [5, 5.41) is 5.19. The molecule has 0 aromatic carbocycles. The Hall–Kier alpha value is -1.66. The van der Waals surface area contributed by atoms with Gasteiger partial charge < -0.3 is 10.1 Å². The summed E-state index contributed by atoms with van der Waals surface area (Å²) in [5.41, 5.74) is 0. The van der Waals surface area contributed by atoms with Crippen LogP contribution >= 0.6 is 22.7 Å². The fraction of sp³-hybridized carbons (Fsp3) is 0.0909. The molecule has 1 N–H and O–H groups in total. The number of hydrogen-bond donors (Lipinski definition) is 1. The van der Waals surface area contributed by atoms with E-state index >= 15 is 0 Å². The molecule has 2 heterocycles. The molecule has 0 atom stereocenters. The molecule has 2 aromatic rings. The van der Waals surface area contributed by atoms with E-state index in [0.717, 1.165) is 0 Å². The second-order valence-corrected chi connectivity index (χ2v) is 5.12. The van der Waals surface area contributed by atoms with Gasteiger partial charge in [0.25, 0.3) is 5.91 Å². The minimum atomic E-state index is -0.397. The van der Waals surface area contributed by atoms with Gasteiger partial charge in [0.1, 0.15) is 4.88 Å². The molecular weight excluding hydrogens is 258 g/mol. The third kappa shape index (κ3) is 2.72. The van der Waals surface area contributed by atoms with E-state index < -0.39 is 5.97 Å². The number of carbonyl (C=O) groups is 2. The van der Waals surface area contributed by atoms with Crippen molar-refractivity contribution in [3.8, 4) is 0 Å². The summed E-state index contributed by atoms with van der Waals surface area (Å²) in [5.74, 6) is -0.565. The van der Waals surface area contributed by atoms with Crippen LogP contribution in [0.15, 0.2) is 29.6 Å². The van der Waals surface area contributed by atoms with E-state index in [9.17, 15) is 9.59 Å². The molecule has 0 bridgehead atoms. The summed E-state index contributed by atoms with van der Waals surface area (Å²) in [6.07, 6.45) is 0. The van der Waals surface area contributed by atoms with Crippen molar-refractivity contribution in [3.05, 3.63) is 39.4 Å². The summed E-state index contributed by atoms with van der Waals surface area (Å²) < 4.78 is 4.59. The van der Waals surface area contributed by atoms with Gasteiger partial charge in [0, 0.05) is 0 Å². The highest BCUT2D eigenvalue weighted by molar-refractivity contribution is 7.18. The van der Waals surface area contributed by atoms with Crippen LogP contribution in [0.2, 0.25) is 0 Å². The quantitative estimate of drug-likeness (QED) is 0.870. The van der Waals surface area contributed by atoms with Gasteiger partial charge in [-0.15, -0.1) is 22.7 Å². The van der Waals surface area contributed by atoms with Gasteiger partial charge >= 0.3 is 5.97 Å². The van der Waals surface area contributed by atoms with Crippen LogP contribution in [0.5, 0.6) is 0 Å². The molecule has 88 valence electrons. The second-order valence-electron chi connectivity index (χ2n) is 3.09. The third-order valence-corrected chi connectivity index (χ3v) is 3.82. The van der Waals surface area contributed by atoms with E-state index in [-0.39, 0.29) is 5.91 Å². The molecule has 0 radical (unpaired) electrons. The molecule has 2 aromatic heterocycles. The molecule has 0 unspecified atom stereocenters. The van der Waals surface area contributed by atoms with Gasteiger partial charge in [-0.25, -0.2) is 4.79 Å². The van der Waals surface area contributed by atoms with Crippen LogP contribution in [-0.2, 0) is 4.74 Å². The zero-order chi connectivity index (χ0) is 12.3. The van der Waals surface area contributed by atoms with E-state index in [1.165, 1.54) is 29.8 Å². The summed E-state index contributed by atoms with van der Waals surface area (Å²) in [4.78, 5) is 24.0. The Morgan fingerprint density at radius 2 is 2.06 bits per heavy atom. The molecule has 0 saturated carbocycles. The van der Waals surface area contributed by atoms with Crippen LogP contribution in [0.3, 0.4) is 0 Å². The van der Waals surface area contributed by atoms with Gasteiger partial charge in [-0.2, -0.15) is 0 Å². The Kier molecular flexibility index (Phi) is 3.55. The van der Waals surface area contributed by atoms with Gasteiger partial charge in [0.15, 0.2) is 0 Å². The predicted molar refractivity (Wildman–Crippen MR) is 67.9 cm³/mol. The monoisotopic (exact) mass is 267 g/mol. The topological polar surface area (TPSA) is 55.4 Å². The first-order chi connectivity index (χ1) is 8.20. The third-order valence-electron chi connectivity index (χ3n) is 1.97. The van der Waals surface area contributed by atoms with Crippen molar-refractivity contribution in [2.45, 2.75) is 0 Å². The van der Waals surface area contributed by atoms with Gasteiger partial charge in [-0.1, -0.05) is 6.07 Å². The largest absolute Gasteiger partial charge is 0.465 e. The standard InChI is InChI=1S/C11H9NO3S2/c1-15-11(14)8-4-5-9(17-8)12-10(13)7-3-2-6-16-7/h2-6H,1H3,(H,12,13). The first-order valence-electron chi connectivity index (χ1n) is 4.73. The van der Waals surface area contributed by atoms with Crippen LogP contribution in [0, 0.1) is 0 Å². The Morgan fingerprint density at radius 1 is 1.24 bits per heavy atom. The molecule has 17 heavy (non-hydrogen) atoms. The number of methoxy groups -OCH3 is 1. The zero-order valence-electron chi connectivity index (χ0n) is 8.93. The summed E-state index contributed by atoms with van der Waals surface area (Å²) >= 11 is 2.56. The zero-order valence-corrected chi connectivity index (χ0v) is 10.6. The highest BCUT2D eigenvalue weighted by atomic mass is 32.1. The van der Waals surface area contributed by atoms with E-state index in [2.05, 4.69) is 10.1 Å². The maximum absolute atomic E-state index is 11.7. The lowest BCUT2D eigenvalue weighted by Crippen LogP contribution is -2.08. The van der Waals surface area contributed by atoms with Crippen molar-refractivity contribution >= 4 is 39.6 Å². The van der Waals surface area contributed by atoms with Crippen molar-refractivity contribution in [3.63, 3.8) is 0 Å². The van der Waals surface area contributed by atoms with Crippen LogP contribution < -0.4 is 5.32 Å². The normalized spacial score (nSPS) is 9.94. The number of rotatable bonds is 3. The van der Waals surface area contributed by atoms with Crippen LogP contribution in [0.25, 0.3) is 0 Å². The Morgan fingerprint density at radius 3 is 2.71 bits per heavy atom. The molecule has 0 spiro atoms. The summed E-state index contributed by atoms with van der Waals surface area (Å²) in [7, 11) is 1.33. The molecular formula is C11H9NO3S2. The van der Waals surface area contributed by atoms with E-state index in [1.807, 2.05) is 11.4 Å². The number of nitrogens with one attached hydrogen (secondary N) is 1. The van der Waals surface area contributed by atoms with E-state index in [4.69, 9.17) is 0 Å². The van der Waals surface area contributed by atoms with Gasteiger partial charge in [-0.05, 0) is 23.6 Å². The average Bonchev–Trinajstić information content (AvgIpc) is 2.98. The number of amides is 1. The van der Waals surface area contributed by atoms with Crippen molar-refractivity contribution < 1.29 is 14.3 Å². The lowest BCUT2D eigenvalue weighted by Gasteiger charge is -1.98. The Bertz CT molecular complexity index is 531. The maximum Gasteiger partial charge on any atom is 0.348 e. The lowest BCUT2D eigenvalue weighted by atomic mass is 10.4. The van der Waals surface area contributed by atoms with Crippen molar-refractivity contribution in [1.29, 1.82) is 0 Å². The number of hydrogen-bond acceptors (Lipinski definition) is 5. The smallest absolute Gasteiger partial charge is 0.348 e. The summed E-state index contributed by atoms with van der Waals surface area (Å²) in [6.45, 7) is 0. The van der Waals surface area contributed by atoms with Crippen LogP contribution in [0.4, 0.5) is 5.00 Å². The van der Waals surface area contributed by atoms with E-state index in [1.54, 1.807) is 18.2 Å². The van der Waals surface area contributed by atoms with Gasteiger partial charge in [-0.3, -0.25) is 4.79 Å². The minimum absolute atomic E-state index is 0.168. The summed E-state index contributed by atoms with van der Waals surface area (Å²) in [6, 6.07) is 6.87. The molecule has 0 saturated heterocycles. The molecule has 0 aliphatic heterocycles. The van der Waals surface area contributed by atoms with Crippen molar-refractivity contribution in [2.75, 3.05) is 12.4 Å². The van der Waals surface area contributed by atoms with Gasteiger partial charge in [0.05, 0.1) is 17.0 Å². The lowest BCUT2D eigenvalue weighted by molar-refractivity contribution is 0.0606. The first-order valence-corrected chi connectivity index (χ1v) is 6.43. The second kappa shape index (κ2) is 5.11. The molecule has 2 rings (SSSR count). The number of esters is 1. The SMILES string of the molecule is COC(=O)c1ccc(NC(=O)c2cccs2)s1. The number of carbonyl (C=O) groups excluding carboxylic acids is 2. The van der Waals surface area contributed by atoms with Crippen LogP contribution in [0.1, 0.15) is 19.3 Å². The number of anilines is 1. The van der Waals surface area contributed by atoms with Gasteiger partial charge in [0.2, 0.25) is 0 Å². The molecule has 1 amide bonds. The van der Waals surface area contributed by atoms with Crippen molar-refractivity contribution in [2.24, 2.45) is 0 Å². The highest BCUT2D eigenvalue weighted by Crippen LogP contribution is 2.23. The molecule has 0 fully saturated rings. The fourth-order valence-corrected chi connectivity index (χ4v) is 2.64. The number of ether oxygens (including phenoxy) is 1. The predicted octanol–water partition coefficient (Wildman–Crippen LogP) is 2.85. The molecule has 6 heteroatoms. The fourth-order valence-electron chi connectivity index (χ4n) is 1.20. The Balaban J connectivity index is 2.07. The van der Waals surface area contributed by atoms with E-state index in [0.29, 0.717) is 14.8 Å². The first kappa shape index (κ1) is 11.8. The average molecular weight is 267 g/mol. The molecule has 0 aliphatic carbocycles. The molecule has 0 aliphatic rings. The molecule has 4 nitrogen and oxygen atoms in total. The highest BCUT2D eigenvalue weighted by Gasteiger charge is 2.12. The Labute approximate surface area is 106 Å². The van der Waals surface area contributed by atoms with Crippen molar-refractivity contribution in [1.82, 2.24) is 0 Å². The number of thiophene rings is 2. The van der Waals surface area contributed by atoms with Crippen LogP contribution in [-0.4, -0.2) is 19.0 Å². The maximum atomic E-state index is 11.7.